The first-order valence-electron chi connectivity index (χ1n) is 8.54. The second kappa shape index (κ2) is 7.34. The van der Waals surface area contributed by atoms with Crippen molar-refractivity contribution in [2.45, 2.75) is 32.0 Å². The van der Waals surface area contributed by atoms with Crippen molar-refractivity contribution >= 4 is 11.5 Å². The molecule has 1 aromatic heterocycles. The molecule has 1 aliphatic rings. The molecule has 0 spiro atoms. The fourth-order valence-corrected chi connectivity index (χ4v) is 3.03. The predicted octanol–water partition coefficient (Wildman–Crippen LogP) is 3.16. The lowest BCUT2D eigenvalue weighted by Gasteiger charge is -2.22. The van der Waals surface area contributed by atoms with Crippen molar-refractivity contribution in [1.82, 2.24) is 9.97 Å². The standard InChI is InChI=1S/C18H18F4N4O2/c1-8-24-16(14(13(23)7-27)17(28)25-8)26-15(9-2-3-9)11-5-4-10(6-12(11)19)18(20,21)22/h4-6,9,15,23,27H,2-3,7H2,1H3,(H2,24,25,26,28). The topological polar surface area (TPSA) is 102 Å². The Morgan fingerprint density at radius 3 is 2.64 bits per heavy atom. The molecule has 1 saturated carbocycles. The van der Waals surface area contributed by atoms with E-state index in [0.29, 0.717) is 6.07 Å². The number of rotatable bonds is 6. The summed E-state index contributed by atoms with van der Waals surface area (Å²) in [6.07, 6.45) is -3.20. The molecule has 0 radical (unpaired) electrons. The highest BCUT2D eigenvalue weighted by Gasteiger charge is 2.37. The number of aromatic amines is 1. The highest BCUT2D eigenvalue weighted by atomic mass is 19.4. The summed E-state index contributed by atoms with van der Waals surface area (Å²) in [4.78, 5) is 18.8. The lowest BCUT2D eigenvalue weighted by Crippen LogP contribution is -2.27. The normalized spacial score (nSPS) is 15.4. The molecule has 0 aliphatic heterocycles. The largest absolute Gasteiger partial charge is 0.416 e. The zero-order chi connectivity index (χ0) is 20.6. The van der Waals surface area contributed by atoms with E-state index in [2.05, 4.69) is 15.3 Å². The molecule has 1 heterocycles. The molecular formula is C18H18F4N4O2. The maximum absolute atomic E-state index is 14.5. The summed E-state index contributed by atoms with van der Waals surface area (Å²) in [6.45, 7) is 0.814. The molecule has 2 aromatic rings. The molecule has 6 nitrogen and oxygen atoms in total. The smallest absolute Gasteiger partial charge is 0.390 e. The van der Waals surface area contributed by atoms with Crippen molar-refractivity contribution in [3.05, 3.63) is 56.9 Å². The number of aliphatic hydroxyl groups excluding tert-OH is 1. The summed E-state index contributed by atoms with van der Waals surface area (Å²) in [5, 5.41) is 19.9. The zero-order valence-electron chi connectivity index (χ0n) is 14.8. The first kappa shape index (κ1) is 20.0. The minimum Gasteiger partial charge on any atom is -0.390 e. The van der Waals surface area contributed by atoms with Gasteiger partial charge in [-0.2, -0.15) is 13.2 Å². The maximum atomic E-state index is 14.5. The Balaban J connectivity index is 2.03. The number of aromatic nitrogens is 2. The maximum Gasteiger partial charge on any atom is 0.416 e. The first-order valence-corrected chi connectivity index (χ1v) is 8.54. The second-order valence-corrected chi connectivity index (χ2v) is 6.71. The van der Waals surface area contributed by atoms with Gasteiger partial charge < -0.3 is 20.8 Å². The molecule has 1 fully saturated rings. The minimum atomic E-state index is -4.66. The number of alkyl halides is 3. The van der Waals surface area contributed by atoms with E-state index >= 15 is 0 Å². The van der Waals surface area contributed by atoms with Crippen LogP contribution >= 0.6 is 0 Å². The van der Waals surface area contributed by atoms with Crippen molar-refractivity contribution in [1.29, 1.82) is 5.41 Å². The minimum absolute atomic E-state index is 0.0171. The number of benzene rings is 1. The lowest BCUT2D eigenvalue weighted by atomic mass is 9.99. The van der Waals surface area contributed by atoms with Crippen LogP contribution in [0.15, 0.2) is 23.0 Å². The van der Waals surface area contributed by atoms with Gasteiger partial charge in [0, 0.05) is 5.56 Å². The van der Waals surface area contributed by atoms with Gasteiger partial charge in [-0.25, -0.2) is 9.37 Å². The third-order valence-electron chi connectivity index (χ3n) is 4.55. The Bertz CT molecular complexity index is 967. The van der Waals surface area contributed by atoms with E-state index in [1.807, 2.05) is 0 Å². The van der Waals surface area contributed by atoms with E-state index < -0.39 is 35.8 Å². The molecule has 150 valence electrons. The Kier molecular flexibility index (Phi) is 5.24. The quantitative estimate of drug-likeness (QED) is 0.443. The summed E-state index contributed by atoms with van der Waals surface area (Å²) in [7, 11) is 0. The molecule has 10 heteroatoms. The third kappa shape index (κ3) is 4.06. The highest BCUT2D eigenvalue weighted by Crippen LogP contribution is 2.44. The molecule has 4 N–H and O–H groups in total. The Morgan fingerprint density at radius 1 is 1.43 bits per heavy atom. The fraction of sp³-hybridized carbons (Fsp3) is 0.389. The molecule has 1 unspecified atom stereocenters. The van der Waals surface area contributed by atoms with E-state index in [1.54, 1.807) is 0 Å². The average Bonchev–Trinajstić information content (AvgIpc) is 3.43. The van der Waals surface area contributed by atoms with Crippen molar-refractivity contribution < 1.29 is 22.7 Å². The van der Waals surface area contributed by atoms with Gasteiger partial charge in [0.05, 0.1) is 23.9 Å². The van der Waals surface area contributed by atoms with Crippen molar-refractivity contribution in [3.63, 3.8) is 0 Å². The number of aryl methyl sites for hydroxylation is 1. The molecule has 0 bridgehead atoms. The van der Waals surface area contributed by atoms with Gasteiger partial charge in [-0.3, -0.25) is 4.79 Å². The van der Waals surface area contributed by atoms with E-state index in [0.717, 1.165) is 25.0 Å². The van der Waals surface area contributed by atoms with Gasteiger partial charge in [0.25, 0.3) is 5.56 Å². The van der Waals surface area contributed by atoms with Crippen molar-refractivity contribution in [2.24, 2.45) is 5.92 Å². The Morgan fingerprint density at radius 2 is 2.11 bits per heavy atom. The summed E-state index contributed by atoms with van der Waals surface area (Å²) in [5.41, 5.74) is -2.27. The number of hydrogen-bond donors (Lipinski definition) is 4. The summed E-state index contributed by atoms with van der Waals surface area (Å²) >= 11 is 0. The van der Waals surface area contributed by atoms with Crippen LogP contribution in [-0.2, 0) is 6.18 Å². The van der Waals surface area contributed by atoms with Crippen LogP contribution in [0.25, 0.3) is 0 Å². The number of halogens is 4. The van der Waals surface area contributed by atoms with Crippen LogP contribution in [0.1, 0.15) is 41.4 Å². The van der Waals surface area contributed by atoms with Crippen molar-refractivity contribution in [2.75, 3.05) is 11.9 Å². The monoisotopic (exact) mass is 398 g/mol. The summed E-state index contributed by atoms with van der Waals surface area (Å²) in [6, 6.07) is 1.61. The molecule has 28 heavy (non-hydrogen) atoms. The third-order valence-corrected chi connectivity index (χ3v) is 4.55. The van der Waals surface area contributed by atoms with Gasteiger partial charge >= 0.3 is 6.18 Å². The van der Waals surface area contributed by atoms with Crippen LogP contribution in [0.2, 0.25) is 0 Å². The first-order chi connectivity index (χ1) is 13.1. The van der Waals surface area contributed by atoms with Gasteiger partial charge in [0.1, 0.15) is 23.0 Å². The van der Waals surface area contributed by atoms with Crippen LogP contribution < -0.4 is 10.9 Å². The fourth-order valence-electron chi connectivity index (χ4n) is 3.03. The highest BCUT2D eigenvalue weighted by molar-refractivity contribution is 6.02. The molecule has 1 aliphatic carbocycles. The summed E-state index contributed by atoms with van der Waals surface area (Å²) in [5.74, 6) is -0.843. The number of hydrogen-bond acceptors (Lipinski definition) is 5. The molecule has 3 rings (SSSR count). The van der Waals surface area contributed by atoms with Gasteiger partial charge in [-0.05, 0) is 37.8 Å². The van der Waals surface area contributed by atoms with Gasteiger partial charge in [0.2, 0.25) is 0 Å². The van der Waals surface area contributed by atoms with Gasteiger partial charge in [-0.1, -0.05) is 6.07 Å². The van der Waals surface area contributed by atoms with Crippen LogP contribution in [0.5, 0.6) is 0 Å². The van der Waals surface area contributed by atoms with Crippen LogP contribution in [0.4, 0.5) is 23.4 Å². The van der Waals surface area contributed by atoms with Crippen molar-refractivity contribution in [3.8, 4) is 0 Å². The number of nitrogens with zero attached hydrogens (tertiary/aromatic N) is 1. The van der Waals surface area contributed by atoms with E-state index in [1.165, 1.54) is 6.92 Å². The number of H-pyrrole nitrogens is 1. The zero-order valence-corrected chi connectivity index (χ0v) is 14.8. The lowest BCUT2D eigenvalue weighted by molar-refractivity contribution is -0.137. The Hall–Kier alpha value is -2.75. The molecule has 1 atom stereocenters. The molecule has 1 aromatic carbocycles. The Labute approximate surface area is 157 Å². The van der Waals surface area contributed by atoms with E-state index in [4.69, 9.17) is 5.41 Å². The van der Waals surface area contributed by atoms with Gasteiger partial charge in [-0.15, -0.1) is 0 Å². The van der Waals surface area contributed by atoms with Gasteiger partial charge in [0.15, 0.2) is 0 Å². The SMILES string of the molecule is Cc1nc(NC(c2ccc(C(F)(F)F)cc2F)C2CC2)c(C(=N)CO)c(=O)[nH]1. The van der Waals surface area contributed by atoms with E-state index in [-0.39, 0.29) is 34.4 Å². The number of anilines is 1. The van der Waals surface area contributed by atoms with Crippen LogP contribution in [-0.4, -0.2) is 27.4 Å². The number of aliphatic hydroxyl groups is 1. The molecule has 0 amide bonds. The molecular weight excluding hydrogens is 380 g/mol. The summed E-state index contributed by atoms with van der Waals surface area (Å²) < 4.78 is 52.9. The van der Waals surface area contributed by atoms with Crippen LogP contribution in [0, 0.1) is 24.1 Å². The molecule has 0 saturated heterocycles. The average molecular weight is 398 g/mol. The van der Waals surface area contributed by atoms with E-state index in [9.17, 15) is 27.5 Å². The number of nitrogens with one attached hydrogen (secondary N) is 3. The second-order valence-electron chi connectivity index (χ2n) is 6.71. The predicted molar refractivity (Wildman–Crippen MR) is 94.0 cm³/mol. The van der Waals surface area contributed by atoms with Crippen LogP contribution in [0.3, 0.4) is 0 Å².